The molecule has 2 aromatic rings. The van der Waals surface area contributed by atoms with E-state index in [-0.39, 0.29) is 17.1 Å². The Morgan fingerprint density at radius 2 is 1.78 bits per heavy atom. The molecule has 0 spiro atoms. The lowest BCUT2D eigenvalue weighted by atomic mass is 9.85. The third-order valence-corrected chi connectivity index (χ3v) is 4.17. The molecular weight excluding hydrogens is 288 g/mol. The number of aromatic hydroxyl groups is 1. The van der Waals surface area contributed by atoms with Crippen molar-refractivity contribution in [3.63, 3.8) is 0 Å². The number of amides is 1. The zero-order valence-corrected chi connectivity index (χ0v) is 13.4. The van der Waals surface area contributed by atoms with Gasteiger partial charge in [0.05, 0.1) is 6.07 Å². The molecule has 116 valence electrons. The van der Waals surface area contributed by atoms with E-state index in [1.165, 1.54) is 17.0 Å². The third kappa shape index (κ3) is 2.44. The van der Waals surface area contributed by atoms with Crippen LogP contribution in [0.2, 0.25) is 0 Å². The van der Waals surface area contributed by atoms with Crippen LogP contribution < -0.4 is 4.90 Å². The predicted molar refractivity (Wildman–Crippen MR) is 88.4 cm³/mol. The zero-order chi connectivity index (χ0) is 16.8. The summed E-state index contributed by atoms with van der Waals surface area (Å²) in [7, 11) is 0. The molecule has 1 amide bonds. The first-order valence-corrected chi connectivity index (χ1v) is 7.49. The van der Waals surface area contributed by atoms with Gasteiger partial charge in [-0.1, -0.05) is 32.9 Å². The topological polar surface area (TPSA) is 64.3 Å². The Hall–Kier alpha value is -2.80. The number of phenols is 1. The molecule has 2 aromatic carbocycles. The maximum absolute atomic E-state index is 12.7. The van der Waals surface area contributed by atoms with Gasteiger partial charge in [-0.2, -0.15) is 5.26 Å². The minimum atomic E-state index is -0.649. The molecule has 0 fully saturated rings. The lowest BCUT2D eigenvalue weighted by Crippen LogP contribution is -2.26. The van der Waals surface area contributed by atoms with Crippen molar-refractivity contribution in [1.29, 1.82) is 5.26 Å². The molecule has 0 saturated carbocycles. The summed E-state index contributed by atoms with van der Waals surface area (Å²) in [5.41, 5.74) is 2.96. The number of nitriles is 1. The van der Waals surface area contributed by atoms with Crippen molar-refractivity contribution in [3.8, 4) is 11.8 Å². The quantitative estimate of drug-likeness (QED) is 0.868. The highest BCUT2D eigenvalue weighted by Gasteiger charge is 2.38. The number of rotatable bonds is 1. The highest BCUT2D eigenvalue weighted by Crippen LogP contribution is 2.39. The molecule has 1 aliphatic heterocycles. The first-order chi connectivity index (χ1) is 10.8. The number of phenolic OH excluding ortho intramolecular Hbond substituents is 1. The van der Waals surface area contributed by atoms with Gasteiger partial charge >= 0.3 is 0 Å². The lowest BCUT2D eigenvalue weighted by Gasteiger charge is -2.21. The molecule has 1 heterocycles. The van der Waals surface area contributed by atoms with Gasteiger partial charge in [-0.25, -0.2) is 0 Å². The summed E-state index contributed by atoms with van der Waals surface area (Å²) in [6, 6.07) is 13.6. The second-order valence-electron chi connectivity index (χ2n) is 6.78. The standard InChI is InChI=1S/C19H18N2O2/c1-19(2,3)12-4-9-15-16(10-12)17(11-20)21(18(15)23)13-5-7-14(22)8-6-13/h4-10,17,22H,1-3H3. The number of benzene rings is 2. The average molecular weight is 306 g/mol. The molecule has 0 saturated heterocycles. The van der Waals surface area contributed by atoms with E-state index in [1.807, 2.05) is 18.2 Å². The number of nitrogens with zero attached hydrogens (tertiary/aromatic N) is 2. The molecule has 4 heteroatoms. The third-order valence-electron chi connectivity index (χ3n) is 4.17. The van der Waals surface area contributed by atoms with Gasteiger partial charge in [0, 0.05) is 16.8 Å². The second-order valence-corrected chi connectivity index (χ2v) is 6.78. The molecule has 1 atom stereocenters. The van der Waals surface area contributed by atoms with Crippen LogP contribution in [0.1, 0.15) is 48.3 Å². The van der Waals surface area contributed by atoms with Gasteiger partial charge in [-0.3, -0.25) is 9.69 Å². The number of hydrogen-bond acceptors (Lipinski definition) is 3. The number of fused-ring (bicyclic) bond motifs is 1. The van der Waals surface area contributed by atoms with E-state index in [2.05, 4.69) is 26.8 Å². The minimum absolute atomic E-state index is 0.0515. The fourth-order valence-corrected chi connectivity index (χ4v) is 2.84. The van der Waals surface area contributed by atoms with E-state index in [0.29, 0.717) is 11.3 Å². The predicted octanol–water partition coefficient (Wildman–Crippen LogP) is 3.91. The van der Waals surface area contributed by atoms with Crippen molar-refractivity contribution in [2.45, 2.75) is 32.2 Å². The van der Waals surface area contributed by atoms with Crippen LogP contribution in [0.15, 0.2) is 42.5 Å². The largest absolute Gasteiger partial charge is 0.508 e. The van der Waals surface area contributed by atoms with Crippen LogP contribution in [0.4, 0.5) is 5.69 Å². The van der Waals surface area contributed by atoms with Crippen LogP contribution in [0.5, 0.6) is 5.75 Å². The van der Waals surface area contributed by atoms with Crippen LogP contribution in [0.3, 0.4) is 0 Å². The molecule has 0 aliphatic carbocycles. The molecular formula is C19H18N2O2. The maximum Gasteiger partial charge on any atom is 0.260 e. The number of hydrogen-bond donors (Lipinski definition) is 1. The van der Waals surface area contributed by atoms with E-state index in [9.17, 15) is 15.2 Å². The van der Waals surface area contributed by atoms with Gasteiger partial charge in [0.2, 0.25) is 0 Å². The van der Waals surface area contributed by atoms with Crippen molar-refractivity contribution in [2.75, 3.05) is 4.90 Å². The van der Waals surface area contributed by atoms with Crippen molar-refractivity contribution < 1.29 is 9.90 Å². The first-order valence-electron chi connectivity index (χ1n) is 7.49. The number of anilines is 1. The molecule has 1 N–H and O–H groups in total. The van der Waals surface area contributed by atoms with Gasteiger partial charge in [0.15, 0.2) is 6.04 Å². The van der Waals surface area contributed by atoms with E-state index < -0.39 is 6.04 Å². The Labute approximate surface area is 135 Å². The normalized spacial score (nSPS) is 17.0. The van der Waals surface area contributed by atoms with E-state index in [0.717, 1.165) is 11.1 Å². The monoisotopic (exact) mass is 306 g/mol. The average Bonchev–Trinajstić information content (AvgIpc) is 2.79. The van der Waals surface area contributed by atoms with Crippen LogP contribution in [0, 0.1) is 11.3 Å². The Kier molecular flexibility index (Phi) is 3.37. The minimum Gasteiger partial charge on any atom is -0.508 e. The highest BCUT2D eigenvalue weighted by atomic mass is 16.3. The molecule has 3 rings (SSSR count). The van der Waals surface area contributed by atoms with Gasteiger partial charge in [-0.05, 0) is 41.3 Å². The highest BCUT2D eigenvalue weighted by molar-refractivity contribution is 6.11. The smallest absolute Gasteiger partial charge is 0.260 e. The summed E-state index contributed by atoms with van der Waals surface area (Å²) in [6.07, 6.45) is 0. The van der Waals surface area contributed by atoms with Crippen molar-refractivity contribution in [3.05, 3.63) is 59.2 Å². The molecule has 0 aromatic heterocycles. The fourth-order valence-electron chi connectivity index (χ4n) is 2.84. The van der Waals surface area contributed by atoms with Crippen LogP contribution >= 0.6 is 0 Å². The van der Waals surface area contributed by atoms with E-state index in [4.69, 9.17) is 0 Å². The van der Waals surface area contributed by atoms with E-state index >= 15 is 0 Å². The van der Waals surface area contributed by atoms with Gasteiger partial charge in [0.1, 0.15) is 5.75 Å². The summed E-state index contributed by atoms with van der Waals surface area (Å²) >= 11 is 0. The molecule has 0 bridgehead atoms. The molecule has 1 aliphatic rings. The Bertz CT molecular complexity index is 811. The Morgan fingerprint density at radius 3 is 2.35 bits per heavy atom. The zero-order valence-electron chi connectivity index (χ0n) is 13.4. The van der Waals surface area contributed by atoms with Gasteiger partial charge in [-0.15, -0.1) is 0 Å². The molecule has 1 unspecified atom stereocenters. The van der Waals surface area contributed by atoms with Crippen molar-refractivity contribution in [1.82, 2.24) is 0 Å². The summed E-state index contributed by atoms with van der Waals surface area (Å²) in [5, 5.41) is 19.0. The summed E-state index contributed by atoms with van der Waals surface area (Å²) in [6.45, 7) is 6.31. The second kappa shape index (κ2) is 5.13. The van der Waals surface area contributed by atoms with E-state index in [1.54, 1.807) is 12.1 Å². The van der Waals surface area contributed by atoms with Gasteiger partial charge in [0.25, 0.3) is 5.91 Å². The molecule has 0 radical (unpaired) electrons. The molecule has 4 nitrogen and oxygen atoms in total. The first kappa shape index (κ1) is 15.1. The summed E-state index contributed by atoms with van der Waals surface area (Å²) in [5.74, 6) is -0.0564. The fraction of sp³-hybridized carbons (Fsp3) is 0.263. The van der Waals surface area contributed by atoms with Crippen molar-refractivity contribution >= 4 is 11.6 Å². The van der Waals surface area contributed by atoms with Crippen LogP contribution in [-0.4, -0.2) is 11.0 Å². The molecule has 23 heavy (non-hydrogen) atoms. The summed E-state index contributed by atoms with van der Waals surface area (Å²) < 4.78 is 0. The van der Waals surface area contributed by atoms with Crippen LogP contribution in [-0.2, 0) is 5.41 Å². The number of carbonyl (C=O) groups is 1. The Balaban J connectivity index is 2.11. The number of carbonyl (C=O) groups excluding carboxylic acids is 1. The lowest BCUT2D eigenvalue weighted by molar-refractivity contribution is 0.0994. The van der Waals surface area contributed by atoms with Crippen molar-refractivity contribution in [2.24, 2.45) is 0 Å². The maximum atomic E-state index is 12.7. The SMILES string of the molecule is CC(C)(C)c1ccc2c(c1)C(C#N)N(c1ccc(O)cc1)C2=O. The van der Waals surface area contributed by atoms with Crippen LogP contribution in [0.25, 0.3) is 0 Å². The van der Waals surface area contributed by atoms with Gasteiger partial charge < -0.3 is 5.11 Å². The summed E-state index contributed by atoms with van der Waals surface area (Å²) in [4.78, 5) is 14.2. The Morgan fingerprint density at radius 1 is 1.13 bits per heavy atom.